The van der Waals surface area contributed by atoms with Crippen LogP contribution in [0.4, 0.5) is 0 Å². The van der Waals surface area contributed by atoms with Crippen molar-refractivity contribution in [3.63, 3.8) is 0 Å². The summed E-state index contributed by atoms with van der Waals surface area (Å²) >= 11 is 0. The van der Waals surface area contributed by atoms with Gasteiger partial charge in [-0.15, -0.1) is 0 Å². The van der Waals surface area contributed by atoms with Crippen LogP contribution in [0.25, 0.3) is 0 Å². The Balaban J connectivity index is -0.00000144. The average molecular weight is 292 g/mol. The predicted molar refractivity (Wildman–Crippen MR) is 70.0 cm³/mol. The molecule has 0 unspecified atom stereocenters. The van der Waals surface area contributed by atoms with Gasteiger partial charge in [-0.3, -0.25) is 0 Å². The molecule has 0 amide bonds. The fraction of sp³-hybridized carbons (Fsp3) is 1.00. The smallest absolute Gasteiger partial charge is 0.790 e. The Morgan fingerprint density at radius 1 is 0.750 bits per heavy atom. The van der Waals surface area contributed by atoms with Gasteiger partial charge in [0.05, 0.1) is 14.4 Å². The summed E-state index contributed by atoms with van der Waals surface area (Å²) in [6, 6.07) is 0. The quantitative estimate of drug-likeness (QED) is 0.208. The maximum Gasteiger partial charge on any atom is 1.00 e. The van der Waals surface area contributed by atoms with Gasteiger partial charge in [-0.25, -0.2) is 0 Å². The van der Waals surface area contributed by atoms with Gasteiger partial charge in [0.15, 0.2) is 0 Å². The van der Waals surface area contributed by atoms with Gasteiger partial charge in [0, 0.05) is 0 Å². The van der Waals surface area contributed by atoms with Crippen molar-refractivity contribution in [2.24, 2.45) is 0 Å². The van der Waals surface area contributed by atoms with E-state index in [9.17, 15) is 14.4 Å². The molecule has 110 valence electrons. The summed E-state index contributed by atoms with van der Waals surface area (Å²) in [4.78, 5) is 20.3. The van der Waals surface area contributed by atoms with E-state index < -0.39 is 7.82 Å². The number of rotatable bonds is 13. The topological polar surface area (TPSA) is 72.4 Å². The maximum absolute atomic E-state index is 10.2. The fourth-order valence-electron chi connectivity index (χ4n) is 1.94. The normalized spacial score (nSPS) is 10.8. The van der Waals surface area contributed by atoms with Crippen molar-refractivity contribution in [2.75, 3.05) is 6.61 Å². The predicted octanol–water partition coefficient (Wildman–Crippen LogP) is -2.85. The third-order valence-electron chi connectivity index (χ3n) is 3.00. The van der Waals surface area contributed by atoms with Gasteiger partial charge >= 0.3 is 37.7 Å². The van der Waals surface area contributed by atoms with E-state index in [4.69, 9.17) is 0 Å². The summed E-state index contributed by atoms with van der Waals surface area (Å²) in [5.41, 5.74) is 0. The van der Waals surface area contributed by atoms with Gasteiger partial charge in [-0.05, 0) is 6.42 Å². The molecule has 4 nitrogen and oxygen atoms in total. The molecule has 0 rings (SSSR count). The van der Waals surface area contributed by atoms with Gasteiger partial charge in [-0.1, -0.05) is 71.1 Å². The first-order chi connectivity index (χ1) is 8.56. The monoisotopic (exact) mass is 292 g/mol. The molecule has 0 aromatic heterocycles. The fourth-order valence-corrected chi connectivity index (χ4v) is 2.30. The van der Waals surface area contributed by atoms with E-state index in [1.54, 1.807) is 0 Å². The van der Waals surface area contributed by atoms with Crippen molar-refractivity contribution in [3.8, 4) is 0 Å². The molecule has 0 saturated heterocycles. The number of phosphoric acid groups is 1. The Morgan fingerprint density at radius 3 is 1.45 bits per heavy atom. The Bertz CT molecular complexity index is 224. The Labute approximate surface area is 148 Å². The van der Waals surface area contributed by atoms with Gasteiger partial charge in [0.25, 0.3) is 0 Å². The second-order valence-electron chi connectivity index (χ2n) is 4.82. The molecule has 0 radical (unpaired) electrons. The number of hydrogen-bond acceptors (Lipinski definition) is 4. The second-order valence-corrected chi connectivity index (χ2v) is 5.97. The summed E-state index contributed by atoms with van der Waals surface area (Å²) in [5, 5.41) is 0. The standard InChI is InChI=1S/C13H29O4P.2Li/c1-2-3-4-5-6-7-8-9-10-11-12-13-17-18(14,15)16;;/h2-13H2,1H3,(H2,14,15,16);;/q;2*+1/p-2. The van der Waals surface area contributed by atoms with Crippen molar-refractivity contribution in [3.05, 3.63) is 0 Å². The molecular formula is C13H27Li2O4P. The number of phosphoric ester groups is 1. The molecule has 0 aliphatic rings. The number of hydrogen-bond donors (Lipinski definition) is 0. The summed E-state index contributed by atoms with van der Waals surface area (Å²) in [6.07, 6.45) is 13.1. The van der Waals surface area contributed by atoms with E-state index in [-0.39, 0.29) is 44.3 Å². The van der Waals surface area contributed by atoms with Crippen LogP contribution in [0.2, 0.25) is 0 Å². The molecular weight excluding hydrogens is 265 g/mol. The van der Waals surface area contributed by atoms with E-state index in [0.717, 1.165) is 12.8 Å². The van der Waals surface area contributed by atoms with Gasteiger partial charge in [-0.2, -0.15) is 0 Å². The van der Waals surface area contributed by atoms with Crippen LogP contribution in [0.1, 0.15) is 77.6 Å². The average Bonchev–Trinajstić information content (AvgIpc) is 2.29. The summed E-state index contributed by atoms with van der Waals surface area (Å²) in [7, 11) is -4.75. The Kier molecular flexibility index (Phi) is 24.1. The molecule has 0 saturated carbocycles. The molecule has 0 atom stereocenters. The van der Waals surface area contributed by atoms with Crippen molar-refractivity contribution < 1.29 is 56.6 Å². The molecule has 0 aromatic carbocycles. The zero-order chi connectivity index (χ0) is 13.7. The molecule has 0 aliphatic heterocycles. The van der Waals surface area contributed by atoms with Crippen LogP contribution in [-0.4, -0.2) is 6.61 Å². The first-order valence-electron chi connectivity index (χ1n) is 7.23. The van der Waals surface area contributed by atoms with Gasteiger partial charge < -0.3 is 18.9 Å². The third kappa shape index (κ3) is 24.3. The van der Waals surface area contributed by atoms with Crippen LogP contribution in [0.5, 0.6) is 0 Å². The second kappa shape index (κ2) is 18.4. The molecule has 0 aromatic rings. The summed E-state index contributed by atoms with van der Waals surface area (Å²) in [6.45, 7) is 2.27. The molecule has 0 heterocycles. The van der Waals surface area contributed by atoms with Crippen LogP contribution in [0.3, 0.4) is 0 Å². The molecule has 0 spiro atoms. The van der Waals surface area contributed by atoms with E-state index >= 15 is 0 Å². The maximum atomic E-state index is 10.2. The van der Waals surface area contributed by atoms with Crippen LogP contribution >= 0.6 is 7.82 Å². The zero-order valence-electron chi connectivity index (χ0n) is 13.6. The Morgan fingerprint density at radius 2 is 1.10 bits per heavy atom. The first-order valence-corrected chi connectivity index (χ1v) is 8.69. The van der Waals surface area contributed by atoms with E-state index in [2.05, 4.69) is 11.4 Å². The molecule has 20 heavy (non-hydrogen) atoms. The molecule has 0 N–H and O–H groups in total. The minimum atomic E-state index is -4.75. The summed E-state index contributed by atoms with van der Waals surface area (Å²) in [5.74, 6) is 0. The van der Waals surface area contributed by atoms with Crippen LogP contribution < -0.4 is 47.5 Å². The Hall–Kier alpha value is 1.30. The van der Waals surface area contributed by atoms with Crippen molar-refractivity contribution in [2.45, 2.75) is 77.6 Å². The van der Waals surface area contributed by atoms with E-state index in [1.807, 2.05) is 0 Å². The first kappa shape index (κ1) is 26.2. The third-order valence-corrected chi connectivity index (χ3v) is 3.50. The van der Waals surface area contributed by atoms with Crippen LogP contribution in [0.15, 0.2) is 0 Å². The minimum absolute atomic E-state index is 0. The van der Waals surface area contributed by atoms with Crippen molar-refractivity contribution in [1.82, 2.24) is 0 Å². The van der Waals surface area contributed by atoms with E-state index in [1.165, 1.54) is 51.4 Å². The molecule has 7 heteroatoms. The van der Waals surface area contributed by atoms with Crippen LogP contribution in [0, 0.1) is 0 Å². The van der Waals surface area contributed by atoms with Gasteiger partial charge in [0.2, 0.25) is 0 Å². The summed E-state index contributed by atoms with van der Waals surface area (Å²) < 4.78 is 14.3. The zero-order valence-corrected chi connectivity index (χ0v) is 14.5. The van der Waals surface area contributed by atoms with E-state index in [0.29, 0.717) is 6.42 Å². The largest absolute Gasteiger partial charge is 1.00 e. The molecule has 0 bridgehead atoms. The van der Waals surface area contributed by atoms with Gasteiger partial charge in [0.1, 0.15) is 0 Å². The SMILES string of the molecule is CCCCCCCCCCCCCOP(=O)([O-])[O-].[Li+].[Li+]. The van der Waals surface area contributed by atoms with Crippen LogP contribution in [-0.2, 0) is 9.09 Å². The van der Waals surface area contributed by atoms with Crippen molar-refractivity contribution in [1.29, 1.82) is 0 Å². The van der Waals surface area contributed by atoms with Crippen molar-refractivity contribution >= 4 is 7.82 Å². The molecule has 0 fully saturated rings. The number of unbranched alkanes of at least 4 members (excludes halogenated alkanes) is 10. The minimum Gasteiger partial charge on any atom is -0.790 e. The molecule has 0 aliphatic carbocycles.